The third kappa shape index (κ3) is 2.85. The lowest BCUT2D eigenvalue weighted by Gasteiger charge is -2.38. The minimum atomic E-state index is 0.331. The van der Waals surface area contributed by atoms with E-state index in [-0.39, 0.29) is 0 Å². The summed E-state index contributed by atoms with van der Waals surface area (Å²) in [6, 6.07) is 6.10. The van der Waals surface area contributed by atoms with Crippen LogP contribution in [0, 0.1) is 9.49 Å². The third-order valence-electron chi connectivity index (χ3n) is 3.50. The fourth-order valence-electron chi connectivity index (χ4n) is 2.34. The van der Waals surface area contributed by atoms with Gasteiger partial charge in [-0.2, -0.15) is 0 Å². The number of nitrogens with zero attached hydrogens (tertiary/aromatic N) is 1. The molecule has 1 aromatic rings. The van der Waals surface area contributed by atoms with Gasteiger partial charge < -0.3 is 15.4 Å². The SMILES string of the molecule is COC1CN(c2ccc(N)cc2I)CCC1C. The molecule has 2 N–H and O–H groups in total. The number of ether oxygens (including phenoxy) is 1. The second-order valence-corrected chi connectivity index (χ2v) is 5.86. The Morgan fingerprint density at radius 3 is 2.88 bits per heavy atom. The second kappa shape index (κ2) is 5.44. The van der Waals surface area contributed by atoms with Crippen LogP contribution in [-0.2, 0) is 4.74 Å². The number of piperidine rings is 1. The zero-order valence-corrected chi connectivity index (χ0v) is 12.5. The summed E-state index contributed by atoms with van der Waals surface area (Å²) in [5.41, 5.74) is 7.88. The first-order valence-corrected chi connectivity index (χ1v) is 7.02. The minimum absolute atomic E-state index is 0.331. The fourth-order valence-corrected chi connectivity index (χ4v) is 3.22. The maximum atomic E-state index is 5.78. The lowest BCUT2D eigenvalue weighted by atomic mass is 9.95. The van der Waals surface area contributed by atoms with Crippen molar-refractivity contribution in [2.24, 2.45) is 5.92 Å². The fraction of sp³-hybridized carbons (Fsp3) is 0.538. The van der Waals surface area contributed by atoms with Crippen molar-refractivity contribution in [3.63, 3.8) is 0 Å². The number of nitrogen functional groups attached to an aromatic ring is 1. The Bertz CT molecular complexity index is 397. The molecule has 3 nitrogen and oxygen atoms in total. The zero-order valence-electron chi connectivity index (χ0n) is 10.3. The van der Waals surface area contributed by atoms with Gasteiger partial charge in [0.05, 0.1) is 11.8 Å². The van der Waals surface area contributed by atoms with Gasteiger partial charge in [-0.05, 0) is 53.1 Å². The summed E-state index contributed by atoms with van der Waals surface area (Å²) >= 11 is 2.35. The number of hydrogen-bond acceptors (Lipinski definition) is 3. The van der Waals surface area contributed by atoms with E-state index >= 15 is 0 Å². The van der Waals surface area contributed by atoms with Gasteiger partial charge in [-0.25, -0.2) is 0 Å². The van der Waals surface area contributed by atoms with Crippen molar-refractivity contribution in [3.8, 4) is 0 Å². The Kier molecular flexibility index (Phi) is 4.14. The van der Waals surface area contributed by atoms with Crippen molar-refractivity contribution in [3.05, 3.63) is 21.8 Å². The lowest BCUT2D eigenvalue weighted by Crippen LogP contribution is -2.44. The average Bonchev–Trinajstić information content (AvgIpc) is 2.30. The number of hydrogen-bond donors (Lipinski definition) is 1. The zero-order chi connectivity index (χ0) is 12.4. The summed E-state index contributed by atoms with van der Waals surface area (Å²) in [4.78, 5) is 2.40. The van der Waals surface area contributed by atoms with E-state index in [2.05, 4.69) is 40.5 Å². The minimum Gasteiger partial charge on any atom is -0.399 e. The van der Waals surface area contributed by atoms with Gasteiger partial charge in [0.25, 0.3) is 0 Å². The number of nitrogens with two attached hydrogens (primary N) is 1. The molecule has 1 fully saturated rings. The van der Waals surface area contributed by atoms with Crippen LogP contribution in [0.2, 0.25) is 0 Å². The molecule has 0 saturated carbocycles. The standard InChI is InChI=1S/C13H19IN2O/c1-9-5-6-16(8-13(9)17-2)12-4-3-10(15)7-11(12)14/h3-4,7,9,13H,5-6,8,15H2,1-2H3. The highest BCUT2D eigenvalue weighted by Crippen LogP contribution is 2.29. The molecule has 1 aromatic carbocycles. The van der Waals surface area contributed by atoms with Crippen LogP contribution in [0.15, 0.2) is 18.2 Å². The molecule has 0 amide bonds. The van der Waals surface area contributed by atoms with Gasteiger partial charge in [-0.15, -0.1) is 0 Å². The van der Waals surface area contributed by atoms with E-state index in [9.17, 15) is 0 Å². The molecule has 2 unspecified atom stereocenters. The van der Waals surface area contributed by atoms with Crippen molar-refractivity contribution in [1.82, 2.24) is 0 Å². The summed E-state index contributed by atoms with van der Waals surface area (Å²) in [5.74, 6) is 0.641. The maximum Gasteiger partial charge on any atom is 0.0772 e. The molecular weight excluding hydrogens is 327 g/mol. The molecule has 1 heterocycles. The van der Waals surface area contributed by atoms with Gasteiger partial charge in [0, 0.05) is 29.5 Å². The highest BCUT2D eigenvalue weighted by Gasteiger charge is 2.26. The predicted molar refractivity (Wildman–Crippen MR) is 80.4 cm³/mol. The first kappa shape index (κ1) is 13.0. The molecule has 17 heavy (non-hydrogen) atoms. The van der Waals surface area contributed by atoms with E-state index in [1.807, 2.05) is 12.1 Å². The Morgan fingerprint density at radius 1 is 1.47 bits per heavy atom. The second-order valence-electron chi connectivity index (χ2n) is 4.70. The van der Waals surface area contributed by atoms with E-state index in [1.54, 1.807) is 7.11 Å². The largest absolute Gasteiger partial charge is 0.399 e. The molecule has 1 aliphatic heterocycles. The van der Waals surface area contributed by atoms with E-state index in [4.69, 9.17) is 10.5 Å². The van der Waals surface area contributed by atoms with E-state index in [0.717, 1.165) is 18.8 Å². The molecule has 2 atom stereocenters. The first-order chi connectivity index (χ1) is 8.11. The van der Waals surface area contributed by atoms with Crippen LogP contribution in [-0.4, -0.2) is 26.3 Å². The number of halogens is 1. The highest BCUT2D eigenvalue weighted by molar-refractivity contribution is 14.1. The number of methoxy groups -OCH3 is 1. The topological polar surface area (TPSA) is 38.5 Å². The van der Waals surface area contributed by atoms with Crippen LogP contribution in [0.5, 0.6) is 0 Å². The molecule has 0 spiro atoms. The third-order valence-corrected chi connectivity index (χ3v) is 4.37. The van der Waals surface area contributed by atoms with Crippen molar-refractivity contribution in [2.45, 2.75) is 19.4 Å². The van der Waals surface area contributed by atoms with Crippen LogP contribution < -0.4 is 10.6 Å². The lowest BCUT2D eigenvalue weighted by molar-refractivity contribution is 0.0498. The molecule has 1 saturated heterocycles. The van der Waals surface area contributed by atoms with Crippen molar-refractivity contribution < 1.29 is 4.74 Å². The van der Waals surface area contributed by atoms with Crippen molar-refractivity contribution in [2.75, 3.05) is 30.8 Å². The normalized spacial score (nSPS) is 25.0. The number of anilines is 2. The number of benzene rings is 1. The van der Waals surface area contributed by atoms with Crippen molar-refractivity contribution in [1.29, 1.82) is 0 Å². The van der Waals surface area contributed by atoms with Crippen LogP contribution in [0.3, 0.4) is 0 Å². The Labute approximate surface area is 116 Å². The molecule has 4 heteroatoms. The molecule has 0 aromatic heterocycles. The molecule has 0 bridgehead atoms. The predicted octanol–water partition coefficient (Wildman–Crippen LogP) is 2.73. The van der Waals surface area contributed by atoms with Gasteiger partial charge in [0.15, 0.2) is 0 Å². The summed E-state index contributed by atoms with van der Waals surface area (Å²) in [6.07, 6.45) is 1.51. The van der Waals surface area contributed by atoms with Gasteiger partial charge in [0.1, 0.15) is 0 Å². The summed E-state index contributed by atoms with van der Waals surface area (Å²) in [6.45, 7) is 4.33. The molecule has 94 valence electrons. The molecule has 0 radical (unpaired) electrons. The van der Waals surface area contributed by atoms with Gasteiger partial charge in [-0.3, -0.25) is 0 Å². The van der Waals surface area contributed by atoms with Crippen LogP contribution in [0.4, 0.5) is 11.4 Å². The van der Waals surface area contributed by atoms with Gasteiger partial charge in [0.2, 0.25) is 0 Å². The van der Waals surface area contributed by atoms with Crippen LogP contribution >= 0.6 is 22.6 Å². The van der Waals surface area contributed by atoms with E-state index in [0.29, 0.717) is 12.0 Å². The number of rotatable bonds is 2. The van der Waals surface area contributed by atoms with E-state index < -0.39 is 0 Å². The average molecular weight is 346 g/mol. The maximum absolute atomic E-state index is 5.78. The molecule has 0 aliphatic carbocycles. The van der Waals surface area contributed by atoms with E-state index in [1.165, 1.54) is 15.7 Å². The quantitative estimate of drug-likeness (QED) is 0.661. The molecular formula is C13H19IN2O. The summed E-state index contributed by atoms with van der Waals surface area (Å²) in [5, 5.41) is 0. The molecule has 2 rings (SSSR count). The Morgan fingerprint density at radius 2 is 2.24 bits per heavy atom. The summed E-state index contributed by atoms with van der Waals surface area (Å²) < 4.78 is 6.76. The highest BCUT2D eigenvalue weighted by atomic mass is 127. The Balaban J connectivity index is 2.17. The van der Waals surface area contributed by atoms with Gasteiger partial charge >= 0.3 is 0 Å². The van der Waals surface area contributed by atoms with Crippen LogP contribution in [0.1, 0.15) is 13.3 Å². The first-order valence-electron chi connectivity index (χ1n) is 5.94. The van der Waals surface area contributed by atoms with Crippen LogP contribution in [0.25, 0.3) is 0 Å². The monoisotopic (exact) mass is 346 g/mol. The Hall–Kier alpha value is -0.490. The van der Waals surface area contributed by atoms with Gasteiger partial charge in [-0.1, -0.05) is 6.92 Å². The molecule has 1 aliphatic rings. The van der Waals surface area contributed by atoms with Crippen molar-refractivity contribution >= 4 is 34.0 Å². The smallest absolute Gasteiger partial charge is 0.0772 e. The summed E-state index contributed by atoms with van der Waals surface area (Å²) in [7, 11) is 1.80.